The molecule has 0 saturated carbocycles. The van der Waals surface area contributed by atoms with Crippen LogP contribution in [0.25, 0.3) is 11.1 Å². The van der Waals surface area contributed by atoms with E-state index in [2.05, 4.69) is 62.4 Å². The third kappa shape index (κ3) is 1.52. The molecule has 0 fully saturated rings. The molecule has 3 aromatic carbocycles. The molecule has 1 nitrogen and oxygen atoms in total. The number of carbonyl (C=O) groups excluding carboxylic acids is 1. The van der Waals surface area contributed by atoms with Gasteiger partial charge in [0.2, 0.25) is 0 Å². The van der Waals surface area contributed by atoms with Crippen molar-refractivity contribution >= 4 is 5.78 Å². The van der Waals surface area contributed by atoms with Crippen LogP contribution in [0.2, 0.25) is 0 Å². The van der Waals surface area contributed by atoms with Crippen molar-refractivity contribution in [1.29, 1.82) is 0 Å². The van der Waals surface area contributed by atoms with Gasteiger partial charge < -0.3 is 0 Å². The van der Waals surface area contributed by atoms with Crippen LogP contribution in [-0.4, -0.2) is 5.78 Å². The summed E-state index contributed by atoms with van der Waals surface area (Å²) in [7, 11) is 0. The van der Waals surface area contributed by atoms with Crippen LogP contribution in [0.15, 0.2) is 60.7 Å². The molecule has 0 N–H and O–H groups in total. The molecule has 2 aliphatic carbocycles. The molecule has 116 valence electrons. The smallest absolute Gasteiger partial charge is 0.164 e. The average molecular weight is 310 g/mol. The maximum Gasteiger partial charge on any atom is 0.164 e. The summed E-state index contributed by atoms with van der Waals surface area (Å²) in [5, 5.41) is 0. The summed E-state index contributed by atoms with van der Waals surface area (Å²) in [5.74, 6) is 0.257. The number of aryl methyl sites for hydroxylation is 2. The van der Waals surface area contributed by atoms with E-state index >= 15 is 0 Å². The molecule has 5 rings (SSSR count). The van der Waals surface area contributed by atoms with Crippen molar-refractivity contribution < 1.29 is 4.79 Å². The Balaban J connectivity index is 1.96. The molecule has 0 radical (unpaired) electrons. The molecule has 0 aromatic heterocycles. The summed E-state index contributed by atoms with van der Waals surface area (Å²) >= 11 is 0. The minimum absolute atomic E-state index is 0.257. The third-order valence-electron chi connectivity index (χ3n) is 5.67. The second kappa shape index (κ2) is 4.45. The fraction of sp³-hybridized carbons (Fsp3) is 0.174. The number of fused-ring (bicyclic) bond motifs is 7. The van der Waals surface area contributed by atoms with Crippen LogP contribution >= 0.6 is 0 Å². The summed E-state index contributed by atoms with van der Waals surface area (Å²) in [6.45, 7) is 4.26. The Hall–Kier alpha value is -2.67. The molecular formula is C23H18O. The summed E-state index contributed by atoms with van der Waals surface area (Å²) < 4.78 is 0. The first kappa shape index (κ1) is 13.7. The highest BCUT2D eigenvalue weighted by Gasteiger charge is 2.51. The lowest BCUT2D eigenvalue weighted by atomic mass is 9.73. The van der Waals surface area contributed by atoms with Crippen molar-refractivity contribution in [3.8, 4) is 11.1 Å². The number of rotatable bonds is 0. The van der Waals surface area contributed by atoms with Gasteiger partial charge in [-0.1, -0.05) is 71.8 Å². The highest BCUT2D eigenvalue weighted by molar-refractivity contribution is 6.06. The predicted molar refractivity (Wildman–Crippen MR) is 96.6 cm³/mol. The van der Waals surface area contributed by atoms with Crippen molar-refractivity contribution in [3.05, 3.63) is 94.0 Å². The first-order valence-electron chi connectivity index (χ1n) is 8.46. The van der Waals surface area contributed by atoms with E-state index in [0.717, 1.165) is 5.56 Å². The zero-order chi connectivity index (χ0) is 16.5. The van der Waals surface area contributed by atoms with E-state index in [0.29, 0.717) is 6.42 Å². The highest BCUT2D eigenvalue weighted by atomic mass is 16.1. The van der Waals surface area contributed by atoms with Crippen LogP contribution < -0.4 is 0 Å². The number of benzene rings is 3. The Bertz CT molecular complexity index is 974. The van der Waals surface area contributed by atoms with E-state index < -0.39 is 0 Å². The fourth-order valence-electron chi connectivity index (χ4n) is 4.65. The van der Waals surface area contributed by atoms with E-state index in [4.69, 9.17) is 0 Å². The van der Waals surface area contributed by atoms with Crippen LogP contribution in [0.3, 0.4) is 0 Å². The molecule has 2 aliphatic rings. The van der Waals surface area contributed by atoms with Gasteiger partial charge in [0.15, 0.2) is 5.78 Å². The van der Waals surface area contributed by atoms with Gasteiger partial charge in [0.1, 0.15) is 0 Å². The van der Waals surface area contributed by atoms with E-state index in [1.807, 2.05) is 12.1 Å². The second-order valence-electron chi connectivity index (χ2n) is 7.15. The van der Waals surface area contributed by atoms with Gasteiger partial charge in [-0.3, -0.25) is 4.79 Å². The third-order valence-corrected chi connectivity index (χ3v) is 5.67. The normalized spacial score (nSPS) is 16.2. The van der Waals surface area contributed by atoms with Gasteiger partial charge >= 0.3 is 0 Å². The lowest BCUT2D eigenvalue weighted by molar-refractivity contribution is 0.0984. The molecule has 3 aromatic rings. The zero-order valence-corrected chi connectivity index (χ0v) is 13.9. The molecular weight excluding hydrogens is 292 g/mol. The standard InChI is InChI=1S/C23H18O/c1-14-7-9-16-17-10-8-15(2)12-21(17)23(20(16)11-14)13-22(24)18-5-3-4-6-19(18)23/h3-12H,13H2,1-2H3. The molecule has 0 saturated heterocycles. The van der Waals surface area contributed by atoms with Crippen molar-refractivity contribution in [3.63, 3.8) is 0 Å². The SMILES string of the molecule is Cc1ccc2c(c1)C1(CC(=O)c3ccccc31)c1cc(C)ccc1-2. The predicted octanol–water partition coefficient (Wildman–Crippen LogP) is 5.20. The lowest BCUT2D eigenvalue weighted by Gasteiger charge is -2.28. The summed E-state index contributed by atoms with van der Waals surface area (Å²) in [6.07, 6.45) is 0.541. The summed E-state index contributed by atoms with van der Waals surface area (Å²) in [5.41, 5.74) is 9.38. The molecule has 1 spiro atoms. The van der Waals surface area contributed by atoms with Gasteiger partial charge in [-0.25, -0.2) is 0 Å². The fourth-order valence-corrected chi connectivity index (χ4v) is 4.65. The maximum absolute atomic E-state index is 12.8. The van der Waals surface area contributed by atoms with E-state index in [1.54, 1.807) is 0 Å². The summed E-state index contributed by atoms with van der Waals surface area (Å²) in [4.78, 5) is 12.8. The van der Waals surface area contributed by atoms with Gasteiger partial charge in [0, 0.05) is 12.0 Å². The maximum atomic E-state index is 12.8. The Kier molecular flexibility index (Phi) is 2.55. The van der Waals surface area contributed by atoms with E-state index in [9.17, 15) is 4.79 Å². The van der Waals surface area contributed by atoms with Crippen LogP contribution in [0.5, 0.6) is 0 Å². The monoisotopic (exact) mass is 310 g/mol. The Morgan fingerprint density at radius 2 is 1.29 bits per heavy atom. The van der Waals surface area contributed by atoms with Gasteiger partial charge in [0.05, 0.1) is 5.41 Å². The first-order valence-corrected chi connectivity index (χ1v) is 8.46. The minimum Gasteiger partial charge on any atom is -0.294 e. The number of Topliss-reactive ketones (excluding diaryl/α,β-unsaturated/α-hetero) is 1. The van der Waals surface area contributed by atoms with Crippen molar-refractivity contribution in [1.82, 2.24) is 0 Å². The Labute approximate surface area is 142 Å². The number of carbonyl (C=O) groups is 1. The molecule has 0 amide bonds. The van der Waals surface area contributed by atoms with Crippen molar-refractivity contribution in [2.75, 3.05) is 0 Å². The average Bonchev–Trinajstić information content (AvgIpc) is 3.02. The Morgan fingerprint density at radius 1 is 0.708 bits per heavy atom. The Morgan fingerprint density at radius 3 is 1.92 bits per heavy atom. The number of hydrogen-bond acceptors (Lipinski definition) is 1. The van der Waals surface area contributed by atoms with Crippen LogP contribution in [-0.2, 0) is 5.41 Å². The lowest BCUT2D eigenvalue weighted by Crippen LogP contribution is -2.24. The number of hydrogen-bond donors (Lipinski definition) is 0. The second-order valence-corrected chi connectivity index (χ2v) is 7.15. The molecule has 24 heavy (non-hydrogen) atoms. The van der Waals surface area contributed by atoms with E-state index in [1.165, 1.54) is 38.9 Å². The summed E-state index contributed by atoms with van der Waals surface area (Å²) in [6, 6.07) is 21.5. The van der Waals surface area contributed by atoms with Crippen LogP contribution in [0.4, 0.5) is 0 Å². The molecule has 0 heterocycles. The molecule has 0 aliphatic heterocycles. The van der Waals surface area contributed by atoms with Crippen molar-refractivity contribution in [2.45, 2.75) is 25.7 Å². The minimum atomic E-state index is -0.309. The van der Waals surface area contributed by atoms with Gasteiger partial charge in [-0.15, -0.1) is 0 Å². The number of ketones is 1. The molecule has 0 unspecified atom stereocenters. The topological polar surface area (TPSA) is 17.1 Å². The largest absolute Gasteiger partial charge is 0.294 e. The van der Waals surface area contributed by atoms with Crippen molar-refractivity contribution in [2.24, 2.45) is 0 Å². The van der Waals surface area contributed by atoms with Gasteiger partial charge in [-0.05, 0) is 41.7 Å². The van der Waals surface area contributed by atoms with Gasteiger partial charge in [-0.2, -0.15) is 0 Å². The molecule has 1 heteroatoms. The van der Waals surface area contributed by atoms with Crippen LogP contribution in [0, 0.1) is 13.8 Å². The first-order chi connectivity index (χ1) is 11.6. The van der Waals surface area contributed by atoms with Gasteiger partial charge in [0.25, 0.3) is 0 Å². The van der Waals surface area contributed by atoms with E-state index in [-0.39, 0.29) is 11.2 Å². The quantitative estimate of drug-likeness (QED) is 0.557. The molecule has 0 atom stereocenters. The highest BCUT2D eigenvalue weighted by Crippen LogP contribution is 2.58. The van der Waals surface area contributed by atoms with Crippen LogP contribution in [0.1, 0.15) is 44.6 Å². The molecule has 0 bridgehead atoms. The zero-order valence-electron chi connectivity index (χ0n) is 13.9.